The Hall–Kier alpha value is -1.68. The van der Waals surface area contributed by atoms with Crippen LogP contribution < -0.4 is 15.5 Å². The van der Waals surface area contributed by atoms with Crippen molar-refractivity contribution in [1.82, 2.24) is 20.8 Å². The molecule has 30 heavy (non-hydrogen) atoms. The molecule has 6 rings (SSSR count). The van der Waals surface area contributed by atoms with Gasteiger partial charge in [0.2, 0.25) is 16.9 Å². The zero-order valence-corrected chi connectivity index (χ0v) is 18.7. The Bertz CT molecular complexity index is 833. The predicted molar refractivity (Wildman–Crippen MR) is 114 cm³/mol. The van der Waals surface area contributed by atoms with E-state index in [1.54, 1.807) is 4.90 Å². The molecular formula is C20H27N5O3S2. The number of thioether (sulfide) groups is 1. The van der Waals surface area contributed by atoms with Gasteiger partial charge < -0.3 is 5.32 Å². The lowest BCUT2D eigenvalue weighted by molar-refractivity contribution is -0.118. The maximum atomic E-state index is 12.5. The van der Waals surface area contributed by atoms with Crippen LogP contribution in [0.4, 0.5) is 9.93 Å². The molecule has 4 amide bonds. The molecule has 0 radical (unpaired) electrons. The molecule has 2 N–H and O–H groups in total. The van der Waals surface area contributed by atoms with E-state index in [1.807, 2.05) is 0 Å². The first-order chi connectivity index (χ1) is 14.4. The van der Waals surface area contributed by atoms with Crippen LogP contribution >= 0.6 is 23.1 Å². The summed E-state index contributed by atoms with van der Waals surface area (Å²) in [5.74, 6) is 1.92. The first kappa shape index (κ1) is 20.2. The van der Waals surface area contributed by atoms with Gasteiger partial charge in [0.25, 0.3) is 0 Å². The fraction of sp³-hybridized carbons (Fsp3) is 0.750. The summed E-state index contributed by atoms with van der Waals surface area (Å²) in [7, 11) is 0. The number of anilines is 1. The Balaban J connectivity index is 1.11. The van der Waals surface area contributed by atoms with E-state index in [2.05, 4.69) is 20.8 Å². The van der Waals surface area contributed by atoms with Crippen LogP contribution in [0.1, 0.15) is 58.3 Å². The van der Waals surface area contributed by atoms with Crippen LogP contribution in [0.5, 0.6) is 0 Å². The molecule has 1 aromatic rings. The fourth-order valence-corrected chi connectivity index (χ4v) is 7.82. The molecule has 0 spiro atoms. The van der Waals surface area contributed by atoms with E-state index < -0.39 is 0 Å². The molecule has 0 aliphatic heterocycles. The molecule has 8 nitrogen and oxygen atoms in total. The third-order valence-corrected chi connectivity index (χ3v) is 8.91. The molecule has 1 aromatic heterocycles. The van der Waals surface area contributed by atoms with E-state index in [0.29, 0.717) is 9.47 Å². The summed E-state index contributed by atoms with van der Waals surface area (Å²) in [6.45, 7) is 1.53. The Morgan fingerprint density at radius 2 is 1.73 bits per heavy atom. The number of carbonyl (C=O) groups excluding carboxylic acids is 3. The average molecular weight is 450 g/mol. The second-order valence-corrected chi connectivity index (χ2v) is 11.6. The maximum Gasteiger partial charge on any atom is 0.321 e. The van der Waals surface area contributed by atoms with Gasteiger partial charge in [0.15, 0.2) is 4.34 Å². The highest BCUT2D eigenvalue weighted by atomic mass is 32.2. The number of urea groups is 1. The van der Waals surface area contributed by atoms with Gasteiger partial charge in [-0.05, 0) is 69.1 Å². The van der Waals surface area contributed by atoms with Crippen molar-refractivity contribution < 1.29 is 14.4 Å². The van der Waals surface area contributed by atoms with Gasteiger partial charge in [-0.1, -0.05) is 23.1 Å². The lowest BCUT2D eigenvalue weighted by Gasteiger charge is -2.56. The summed E-state index contributed by atoms with van der Waals surface area (Å²) in [6.07, 6.45) is 9.06. The normalized spacial score (nSPS) is 31.4. The van der Waals surface area contributed by atoms with Gasteiger partial charge in [0, 0.05) is 18.5 Å². The highest BCUT2D eigenvalue weighted by Gasteiger charge is 2.51. The van der Waals surface area contributed by atoms with Crippen LogP contribution in [0, 0.1) is 17.8 Å². The lowest BCUT2D eigenvalue weighted by Crippen LogP contribution is -2.61. The Morgan fingerprint density at radius 1 is 1.10 bits per heavy atom. The van der Waals surface area contributed by atoms with Gasteiger partial charge in [0.1, 0.15) is 0 Å². The minimum atomic E-state index is -0.378. The van der Waals surface area contributed by atoms with Crippen molar-refractivity contribution in [3.63, 3.8) is 0 Å². The zero-order valence-electron chi connectivity index (χ0n) is 17.1. The Morgan fingerprint density at radius 3 is 2.30 bits per heavy atom. The van der Waals surface area contributed by atoms with Crippen molar-refractivity contribution in [2.75, 3.05) is 10.7 Å². The highest BCUT2D eigenvalue weighted by Crippen LogP contribution is 2.55. The molecule has 0 atom stereocenters. The molecule has 0 unspecified atom stereocenters. The van der Waals surface area contributed by atoms with E-state index >= 15 is 0 Å². The number of imide groups is 1. The maximum absolute atomic E-state index is 12.5. The van der Waals surface area contributed by atoms with E-state index in [-0.39, 0.29) is 35.2 Å². The SMILES string of the molecule is CC(=O)N(c1nnc(SCC(=O)NC(=O)NC23CC4CC(CC(C4)C2)C3)s1)C1CC1. The van der Waals surface area contributed by atoms with Crippen molar-refractivity contribution >= 4 is 46.1 Å². The number of aromatic nitrogens is 2. The number of amides is 4. The van der Waals surface area contributed by atoms with Gasteiger partial charge >= 0.3 is 6.03 Å². The smallest absolute Gasteiger partial charge is 0.321 e. The van der Waals surface area contributed by atoms with E-state index in [0.717, 1.165) is 49.9 Å². The van der Waals surface area contributed by atoms with Crippen LogP contribution in [0.15, 0.2) is 4.34 Å². The van der Waals surface area contributed by atoms with Gasteiger partial charge in [-0.2, -0.15) is 0 Å². The fourth-order valence-electron chi connectivity index (χ4n) is 6.06. The van der Waals surface area contributed by atoms with Crippen LogP contribution in [-0.4, -0.2) is 45.4 Å². The average Bonchev–Trinajstić information content (AvgIpc) is 3.35. The largest absolute Gasteiger partial charge is 0.332 e. The third kappa shape index (κ3) is 4.21. The summed E-state index contributed by atoms with van der Waals surface area (Å²) in [5, 5.41) is 14.4. The van der Waals surface area contributed by atoms with E-state index in [9.17, 15) is 14.4 Å². The van der Waals surface area contributed by atoms with Crippen molar-refractivity contribution in [3.05, 3.63) is 0 Å². The molecule has 0 saturated heterocycles. The Kier molecular flexibility index (Phi) is 5.25. The monoisotopic (exact) mass is 449 g/mol. The van der Waals surface area contributed by atoms with Crippen LogP contribution in [0.2, 0.25) is 0 Å². The second kappa shape index (κ2) is 7.78. The molecule has 5 aliphatic carbocycles. The number of nitrogens with zero attached hydrogens (tertiary/aromatic N) is 3. The number of hydrogen-bond acceptors (Lipinski definition) is 7. The van der Waals surface area contributed by atoms with Gasteiger partial charge in [-0.25, -0.2) is 4.79 Å². The van der Waals surface area contributed by atoms with Crippen LogP contribution in [0.25, 0.3) is 0 Å². The summed E-state index contributed by atoms with van der Waals surface area (Å²) in [5.41, 5.74) is -0.112. The first-order valence-electron chi connectivity index (χ1n) is 10.8. The predicted octanol–water partition coefficient (Wildman–Crippen LogP) is 2.94. The highest BCUT2D eigenvalue weighted by molar-refractivity contribution is 8.01. The standard InChI is InChI=1S/C20H27N5O3S2/c1-11(26)25(15-2-3-15)18-23-24-19(30-18)29-10-16(27)21-17(28)22-20-7-12-4-13(8-20)6-14(5-12)9-20/h12-15H,2-10H2,1H3,(H2,21,22,27,28). The lowest BCUT2D eigenvalue weighted by atomic mass is 9.53. The number of nitrogens with one attached hydrogen (secondary N) is 2. The third-order valence-electron chi connectivity index (χ3n) is 6.85. The van der Waals surface area contributed by atoms with Crippen LogP contribution in [0.3, 0.4) is 0 Å². The molecule has 162 valence electrons. The summed E-state index contributed by atoms with van der Waals surface area (Å²) in [6, 6.07) is -0.151. The molecule has 5 fully saturated rings. The van der Waals surface area contributed by atoms with Crippen LogP contribution in [-0.2, 0) is 9.59 Å². The van der Waals surface area contributed by atoms with E-state index in [4.69, 9.17) is 0 Å². The summed E-state index contributed by atoms with van der Waals surface area (Å²) >= 11 is 2.55. The van der Waals surface area contributed by atoms with Gasteiger partial charge in [-0.3, -0.25) is 19.8 Å². The molecule has 5 saturated carbocycles. The summed E-state index contributed by atoms with van der Waals surface area (Å²) < 4.78 is 0.619. The second-order valence-electron chi connectivity index (χ2n) is 9.46. The molecule has 1 heterocycles. The molecule has 5 aliphatic rings. The minimum absolute atomic E-state index is 0.0377. The molecule has 10 heteroatoms. The first-order valence-corrected chi connectivity index (χ1v) is 12.6. The minimum Gasteiger partial charge on any atom is -0.332 e. The number of hydrogen-bond donors (Lipinski definition) is 2. The van der Waals surface area contributed by atoms with Crippen molar-refractivity contribution in [2.24, 2.45) is 17.8 Å². The number of carbonyl (C=O) groups is 3. The molecule has 0 aromatic carbocycles. The van der Waals surface area contributed by atoms with Crippen molar-refractivity contribution in [1.29, 1.82) is 0 Å². The Labute approximate surface area is 183 Å². The van der Waals surface area contributed by atoms with Crippen molar-refractivity contribution in [3.8, 4) is 0 Å². The summed E-state index contributed by atoms with van der Waals surface area (Å²) in [4.78, 5) is 38.3. The van der Waals surface area contributed by atoms with Gasteiger partial charge in [0.05, 0.1) is 5.75 Å². The molecular weight excluding hydrogens is 422 g/mol. The molecule has 4 bridgehead atoms. The quantitative estimate of drug-likeness (QED) is 0.511. The number of rotatable bonds is 6. The van der Waals surface area contributed by atoms with E-state index in [1.165, 1.54) is 49.3 Å². The zero-order chi connectivity index (χ0) is 20.9. The van der Waals surface area contributed by atoms with Crippen molar-refractivity contribution in [2.45, 2.75) is 74.2 Å². The topological polar surface area (TPSA) is 104 Å². The van der Waals surface area contributed by atoms with Gasteiger partial charge in [-0.15, -0.1) is 10.2 Å².